The van der Waals surface area contributed by atoms with Crippen LogP contribution < -0.4 is 14.8 Å². The first-order chi connectivity index (χ1) is 13.8. The van der Waals surface area contributed by atoms with Gasteiger partial charge in [-0.25, -0.2) is 0 Å². The normalized spacial score (nSPS) is 15.1. The fourth-order valence-corrected chi connectivity index (χ4v) is 3.91. The Morgan fingerprint density at radius 2 is 1.62 bits per heavy atom. The number of benzene rings is 2. The minimum atomic E-state index is 0. The maximum Gasteiger partial charge on any atom is 0.166 e. The van der Waals surface area contributed by atoms with Gasteiger partial charge in [-0.1, -0.05) is 68.0 Å². The van der Waals surface area contributed by atoms with E-state index in [-0.39, 0.29) is 12.4 Å². The van der Waals surface area contributed by atoms with Crippen LogP contribution in [0.5, 0.6) is 11.5 Å². The highest BCUT2D eigenvalue weighted by molar-refractivity contribution is 6.30. The van der Waals surface area contributed by atoms with Crippen LogP contribution in [0.1, 0.15) is 63.0 Å². The molecular weight excluding hydrogens is 405 g/mol. The van der Waals surface area contributed by atoms with E-state index in [1.54, 1.807) is 0 Å². The van der Waals surface area contributed by atoms with Gasteiger partial charge < -0.3 is 14.8 Å². The van der Waals surface area contributed by atoms with E-state index in [4.69, 9.17) is 21.1 Å². The molecule has 0 atom stereocenters. The molecule has 0 bridgehead atoms. The van der Waals surface area contributed by atoms with Crippen molar-refractivity contribution in [3.8, 4) is 11.5 Å². The smallest absolute Gasteiger partial charge is 0.166 e. The van der Waals surface area contributed by atoms with E-state index in [1.807, 2.05) is 37.3 Å². The molecule has 160 valence electrons. The van der Waals surface area contributed by atoms with Gasteiger partial charge in [-0.15, -0.1) is 12.4 Å². The highest BCUT2D eigenvalue weighted by Crippen LogP contribution is 2.32. The van der Waals surface area contributed by atoms with Crippen LogP contribution >= 0.6 is 24.0 Å². The molecule has 1 N–H and O–H groups in total. The molecule has 1 fully saturated rings. The minimum absolute atomic E-state index is 0. The molecule has 29 heavy (non-hydrogen) atoms. The molecule has 0 heterocycles. The maximum absolute atomic E-state index is 6.22. The fourth-order valence-electron chi connectivity index (χ4n) is 3.78. The Hall–Kier alpha value is -1.42. The summed E-state index contributed by atoms with van der Waals surface area (Å²) in [5.41, 5.74) is 2.25. The van der Waals surface area contributed by atoms with Crippen molar-refractivity contribution in [2.24, 2.45) is 0 Å². The lowest BCUT2D eigenvalue weighted by Gasteiger charge is -2.22. The highest BCUT2D eigenvalue weighted by atomic mass is 35.5. The lowest BCUT2D eigenvalue weighted by molar-refractivity contribution is 0.265. The molecule has 2 aromatic rings. The number of ether oxygens (including phenoxy) is 2. The Balaban J connectivity index is 0.00000300. The van der Waals surface area contributed by atoms with Crippen molar-refractivity contribution in [1.29, 1.82) is 0 Å². The van der Waals surface area contributed by atoms with Crippen molar-refractivity contribution in [1.82, 2.24) is 5.32 Å². The van der Waals surface area contributed by atoms with Crippen LogP contribution in [0.25, 0.3) is 0 Å². The van der Waals surface area contributed by atoms with Gasteiger partial charge in [0.05, 0.1) is 6.61 Å². The van der Waals surface area contributed by atoms with Crippen LogP contribution in [-0.4, -0.2) is 12.6 Å². The molecule has 5 heteroatoms. The third kappa shape index (κ3) is 7.73. The zero-order chi connectivity index (χ0) is 19.6. The zero-order valence-corrected chi connectivity index (χ0v) is 18.9. The van der Waals surface area contributed by atoms with Gasteiger partial charge in [0.15, 0.2) is 11.5 Å². The second-order valence-electron chi connectivity index (χ2n) is 7.52. The monoisotopic (exact) mass is 437 g/mol. The van der Waals surface area contributed by atoms with Gasteiger partial charge >= 0.3 is 0 Å². The van der Waals surface area contributed by atoms with E-state index >= 15 is 0 Å². The predicted octanol–water partition coefficient (Wildman–Crippen LogP) is 6.94. The van der Waals surface area contributed by atoms with Gasteiger partial charge in [0, 0.05) is 23.2 Å². The van der Waals surface area contributed by atoms with E-state index in [0.29, 0.717) is 19.3 Å². The Morgan fingerprint density at radius 1 is 0.931 bits per heavy atom. The van der Waals surface area contributed by atoms with Crippen LogP contribution in [0.4, 0.5) is 0 Å². The van der Waals surface area contributed by atoms with E-state index in [2.05, 4.69) is 17.4 Å². The molecule has 1 aliphatic carbocycles. The molecule has 0 spiro atoms. The van der Waals surface area contributed by atoms with Crippen molar-refractivity contribution < 1.29 is 9.47 Å². The summed E-state index contributed by atoms with van der Waals surface area (Å²) in [7, 11) is 0. The lowest BCUT2D eigenvalue weighted by Crippen LogP contribution is -2.29. The first-order valence-corrected chi connectivity index (χ1v) is 11.0. The third-order valence-corrected chi connectivity index (χ3v) is 5.60. The Bertz CT molecular complexity index is 713. The van der Waals surface area contributed by atoms with Crippen molar-refractivity contribution >= 4 is 24.0 Å². The molecule has 0 unspecified atom stereocenters. The zero-order valence-electron chi connectivity index (χ0n) is 17.3. The quantitative estimate of drug-likeness (QED) is 0.484. The van der Waals surface area contributed by atoms with Gasteiger partial charge in [0.25, 0.3) is 0 Å². The van der Waals surface area contributed by atoms with Crippen molar-refractivity contribution in [2.75, 3.05) is 6.61 Å². The summed E-state index contributed by atoms with van der Waals surface area (Å²) in [4.78, 5) is 0. The largest absolute Gasteiger partial charge is 0.490 e. The van der Waals surface area contributed by atoms with Crippen LogP contribution in [0.3, 0.4) is 0 Å². The van der Waals surface area contributed by atoms with Gasteiger partial charge in [0.1, 0.15) is 6.61 Å². The SMILES string of the molecule is CCOc1cccc(CNC2CCCCCCC2)c1OCc1ccc(Cl)cc1.Cl. The summed E-state index contributed by atoms with van der Waals surface area (Å²) in [6, 6.07) is 14.6. The second-order valence-corrected chi connectivity index (χ2v) is 7.95. The van der Waals surface area contributed by atoms with E-state index in [0.717, 1.165) is 34.2 Å². The standard InChI is InChI=1S/C24H32ClNO2.ClH/c1-2-27-23-12-8-9-20(17-26-22-10-6-4-3-5-7-11-22)24(23)28-18-19-13-15-21(25)16-14-19;/h8-9,12-16,22,26H,2-7,10-11,17-18H2,1H3;1H. The summed E-state index contributed by atoms with van der Waals surface area (Å²) in [5, 5.41) is 4.51. The number of rotatable bonds is 8. The summed E-state index contributed by atoms with van der Waals surface area (Å²) in [6.45, 7) is 3.93. The highest BCUT2D eigenvalue weighted by Gasteiger charge is 2.15. The van der Waals surface area contributed by atoms with E-state index in [9.17, 15) is 0 Å². The topological polar surface area (TPSA) is 30.5 Å². The molecule has 1 aliphatic rings. The molecule has 3 rings (SSSR count). The summed E-state index contributed by atoms with van der Waals surface area (Å²) >= 11 is 5.99. The molecule has 2 aromatic carbocycles. The first-order valence-electron chi connectivity index (χ1n) is 10.6. The van der Waals surface area contributed by atoms with Crippen molar-refractivity contribution in [2.45, 2.75) is 71.1 Å². The molecule has 0 aromatic heterocycles. The van der Waals surface area contributed by atoms with E-state index in [1.165, 1.54) is 44.9 Å². The van der Waals surface area contributed by atoms with Gasteiger partial charge in [-0.05, 0) is 43.5 Å². The first kappa shape index (κ1) is 23.9. The lowest BCUT2D eigenvalue weighted by atomic mass is 9.96. The number of halogens is 2. The van der Waals surface area contributed by atoms with E-state index < -0.39 is 0 Å². The summed E-state index contributed by atoms with van der Waals surface area (Å²) in [5.74, 6) is 1.66. The number of nitrogens with one attached hydrogen (secondary N) is 1. The predicted molar refractivity (Wildman–Crippen MR) is 124 cm³/mol. The van der Waals surface area contributed by atoms with Crippen molar-refractivity contribution in [3.63, 3.8) is 0 Å². The number of para-hydroxylation sites is 1. The molecule has 0 saturated heterocycles. The second kappa shape index (κ2) is 13.0. The number of hydrogen-bond acceptors (Lipinski definition) is 3. The van der Waals surface area contributed by atoms with Crippen LogP contribution in [0.15, 0.2) is 42.5 Å². The van der Waals surface area contributed by atoms with Crippen LogP contribution in [0, 0.1) is 0 Å². The third-order valence-electron chi connectivity index (χ3n) is 5.34. The Kier molecular flexibility index (Phi) is 10.7. The molecule has 0 amide bonds. The fraction of sp³-hybridized carbons (Fsp3) is 0.500. The molecule has 0 aliphatic heterocycles. The minimum Gasteiger partial charge on any atom is -0.490 e. The van der Waals surface area contributed by atoms with Gasteiger partial charge in [-0.3, -0.25) is 0 Å². The average Bonchev–Trinajstić information content (AvgIpc) is 2.68. The van der Waals surface area contributed by atoms with Gasteiger partial charge in [0.2, 0.25) is 0 Å². The Morgan fingerprint density at radius 3 is 2.31 bits per heavy atom. The summed E-state index contributed by atoms with van der Waals surface area (Å²) < 4.78 is 12.1. The molecule has 1 saturated carbocycles. The molecule has 3 nitrogen and oxygen atoms in total. The number of hydrogen-bond donors (Lipinski definition) is 1. The van der Waals surface area contributed by atoms with Crippen LogP contribution in [-0.2, 0) is 13.2 Å². The van der Waals surface area contributed by atoms with Crippen LogP contribution in [0.2, 0.25) is 5.02 Å². The van der Waals surface area contributed by atoms with Crippen molar-refractivity contribution in [3.05, 3.63) is 58.6 Å². The maximum atomic E-state index is 6.22. The average molecular weight is 438 g/mol. The molecule has 0 radical (unpaired) electrons. The van der Waals surface area contributed by atoms with Gasteiger partial charge in [-0.2, -0.15) is 0 Å². The Labute approximate surface area is 186 Å². The molecular formula is C24H33Cl2NO2. The summed E-state index contributed by atoms with van der Waals surface area (Å²) in [6.07, 6.45) is 9.33.